The molecule has 2 atom stereocenters. The summed E-state index contributed by atoms with van der Waals surface area (Å²) in [7, 11) is 0. The van der Waals surface area contributed by atoms with Crippen molar-refractivity contribution in [2.75, 3.05) is 0 Å². The molecule has 1 aromatic carbocycles. The smallest absolute Gasteiger partial charge is 0.333 e. The lowest BCUT2D eigenvalue weighted by Gasteiger charge is -2.22. The zero-order valence-corrected chi connectivity index (χ0v) is 9.88. The lowest BCUT2D eigenvalue weighted by molar-refractivity contribution is -0.157. The number of hydrogen-bond acceptors (Lipinski definition) is 2. The first-order valence-electron chi connectivity index (χ1n) is 5.45. The van der Waals surface area contributed by atoms with Gasteiger partial charge < -0.3 is 9.84 Å². The number of carboxylic acids is 1. The van der Waals surface area contributed by atoms with Crippen molar-refractivity contribution in [3.63, 3.8) is 0 Å². The molecule has 16 heavy (non-hydrogen) atoms. The molecule has 0 saturated carbocycles. The zero-order valence-electron chi connectivity index (χ0n) is 9.88. The van der Waals surface area contributed by atoms with Crippen LogP contribution in [0.3, 0.4) is 0 Å². The lowest BCUT2D eigenvalue weighted by atomic mass is 10.1. The van der Waals surface area contributed by atoms with E-state index in [2.05, 4.69) is 0 Å². The van der Waals surface area contributed by atoms with Crippen LogP contribution in [0.5, 0.6) is 0 Å². The van der Waals surface area contributed by atoms with Crippen LogP contribution in [0.4, 0.5) is 0 Å². The Bertz CT molecular complexity index is 332. The summed E-state index contributed by atoms with van der Waals surface area (Å²) in [5, 5.41) is 9.01. The van der Waals surface area contributed by atoms with Gasteiger partial charge in [0, 0.05) is 0 Å². The van der Waals surface area contributed by atoms with E-state index in [9.17, 15) is 4.79 Å². The van der Waals surface area contributed by atoms with Crippen molar-refractivity contribution in [2.45, 2.75) is 33.0 Å². The van der Waals surface area contributed by atoms with Gasteiger partial charge in [0.05, 0.1) is 6.10 Å². The van der Waals surface area contributed by atoms with Crippen LogP contribution in [-0.4, -0.2) is 17.2 Å². The van der Waals surface area contributed by atoms with E-state index in [1.165, 1.54) is 0 Å². The number of carbonyl (C=O) groups is 1. The molecule has 0 radical (unpaired) electrons. The average Bonchev–Trinajstić information content (AvgIpc) is 2.25. The van der Waals surface area contributed by atoms with E-state index in [-0.39, 0.29) is 12.0 Å². The Morgan fingerprint density at radius 2 is 1.75 bits per heavy atom. The van der Waals surface area contributed by atoms with Crippen LogP contribution in [-0.2, 0) is 9.53 Å². The summed E-state index contributed by atoms with van der Waals surface area (Å²) in [6.07, 6.45) is -0.958. The SMILES string of the molecule is CC(OC(C(=O)O)C(C)C)c1ccccc1. The Kier molecular flexibility index (Phi) is 4.50. The van der Waals surface area contributed by atoms with Crippen LogP contribution in [0.15, 0.2) is 30.3 Å². The van der Waals surface area contributed by atoms with Crippen molar-refractivity contribution in [3.05, 3.63) is 35.9 Å². The fourth-order valence-electron chi connectivity index (χ4n) is 1.52. The molecular formula is C13H18O3. The maximum Gasteiger partial charge on any atom is 0.333 e. The molecule has 0 heterocycles. The predicted molar refractivity (Wildman–Crippen MR) is 62.2 cm³/mol. The van der Waals surface area contributed by atoms with Gasteiger partial charge in [0.1, 0.15) is 0 Å². The number of rotatable bonds is 5. The van der Waals surface area contributed by atoms with Gasteiger partial charge in [-0.15, -0.1) is 0 Å². The molecule has 0 aliphatic rings. The fourth-order valence-corrected chi connectivity index (χ4v) is 1.52. The fraction of sp³-hybridized carbons (Fsp3) is 0.462. The van der Waals surface area contributed by atoms with Crippen LogP contribution < -0.4 is 0 Å². The molecule has 1 N–H and O–H groups in total. The van der Waals surface area contributed by atoms with Gasteiger partial charge in [-0.25, -0.2) is 4.79 Å². The summed E-state index contributed by atoms with van der Waals surface area (Å²) < 4.78 is 5.56. The summed E-state index contributed by atoms with van der Waals surface area (Å²) in [6.45, 7) is 5.56. The van der Waals surface area contributed by atoms with E-state index in [0.717, 1.165) is 5.56 Å². The Morgan fingerprint density at radius 3 is 2.19 bits per heavy atom. The second-order valence-corrected chi connectivity index (χ2v) is 4.19. The van der Waals surface area contributed by atoms with Gasteiger partial charge in [-0.05, 0) is 18.4 Å². The first-order valence-corrected chi connectivity index (χ1v) is 5.45. The van der Waals surface area contributed by atoms with Crippen molar-refractivity contribution in [1.29, 1.82) is 0 Å². The van der Waals surface area contributed by atoms with Crippen LogP contribution in [0.1, 0.15) is 32.4 Å². The first kappa shape index (κ1) is 12.7. The van der Waals surface area contributed by atoms with Gasteiger partial charge in [0.15, 0.2) is 6.10 Å². The van der Waals surface area contributed by atoms with Crippen molar-refractivity contribution >= 4 is 5.97 Å². The average molecular weight is 222 g/mol. The molecular weight excluding hydrogens is 204 g/mol. The van der Waals surface area contributed by atoms with Crippen LogP contribution >= 0.6 is 0 Å². The first-order chi connectivity index (χ1) is 7.52. The molecule has 0 aromatic heterocycles. The monoisotopic (exact) mass is 222 g/mol. The minimum Gasteiger partial charge on any atom is -0.479 e. The summed E-state index contributed by atoms with van der Waals surface area (Å²) in [5.41, 5.74) is 0.995. The van der Waals surface area contributed by atoms with Crippen molar-refractivity contribution < 1.29 is 14.6 Å². The van der Waals surface area contributed by atoms with Crippen molar-refractivity contribution in [3.8, 4) is 0 Å². The van der Waals surface area contributed by atoms with Crippen LogP contribution in [0, 0.1) is 5.92 Å². The Morgan fingerprint density at radius 1 is 1.19 bits per heavy atom. The molecule has 0 spiro atoms. The van der Waals surface area contributed by atoms with Gasteiger partial charge >= 0.3 is 5.97 Å². The normalized spacial score (nSPS) is 14.8. The standard InChI is InChI=1S/C13H18O3/c1-9(2)12(13(14)15)16-10(3)11-7-5-4-6-8-11/h4-10,12H,1-3H3,(H,14,15). The number of ether oxygens (including phenoxy) is 1. The highest BCUT2D eigenvalue weighted by Crippen LogP contribution is 2.21. The number of carboxylic acid groups (broad SMARTS) is 1. The van der Waals surface area contributed by atoms with Crippen molar-refractivity contribution in [2.24, 2.45) is 5.92 Å². The highest BCUT2D eigenvalue weighted by atomic mass is 16.5. The Labute approximate surface area is 96.1 Å². The molecule has 0 amide bonds. The molecule has 3 nitrogen and oxygen atoms in total. The summed E-state index contributed by atoms with van der Waals surface area (Å²) >= 11 is 0. The van der Waals surface area contributed by atoms with Gasteiger partial charge in [-0.3, -0.25) is 0 Å². The molecule has 0 aliphatic heterocycles. The van der Waals surface area contributed by atoms with E-state index < -0.39 is 12.1 Å². The molecule has 2 unspecified atom stereocenters. The maximum atomic E-state index is 11.0. The molecule has 0 fully saturated rings. The van der Waals surface area contributed by atoms with Crippen LogP contribution in [0.2, 0.25) is 0 Å². The Hall–Kier alpha value is -1.35. The lowest BCUT2D eigenvalue weighted by Crippen LogP contribution is -2.30. The van der Waals surface area contributed by atoms with Crippen molar-refractivity contribution in [1.82, 2.24) is 0 Å². The minimum atomic E-state index is -0.905. The Balaban J connectivity index is 2.69. The maximum absolute atomic E-state index is 11.0. The highest BCUT2D eigenvalue weighted by molar-refractivity contribution is 5.72. The number of benzene rings is 1. The molecule has 0 bridgehead atoms. The quantitative estimate of drug-likeness (QED) is 0.833. The molecule has 1 aromatic rings. The third-order valence-corrected chi connectivity index (χ3v) is 2.47. The summed E-state index contributed by atoms with van der Waals surface area (Å²) in [6, 6.07) is 9.63. The molecule has 88 valence electrons. The summed E-state index contributed by atoms with van der Waals surface area (Å²) in [4.78, 5) is 11.0. The molecule has 3 heteroatoms. The largest absolute Gasteiger partial charge is 0.479 e. The van der Waals surface area contributed by atoms with Crippen LogP contribution in [0.25, 0.3) is 0 Å². The number of hydrogen-bond donors (Lipinski definition) is 1. The molecule has 0 saturated heterocycles. The number of aliphatic carboxylic acids is 1. The van der Waals surface area contributed by atoms with Gasteiger partial charge in [-0.1, -0.05) is 44.2 Å². The third kappa shape index (κ3) is 3.35. The third-order valence-electron chi connectivity index (χ3n) is 2.47. The van der Waals surface area contributed by atoms with E-state index in [4.69, 9.17) is 9.84 Å². The van der Waals surface area contributed by atoms with E-state index in [0.29, 0.717) is 0 Å². The topological polar surface area (TPSA) is 46.5 Å². The second kappa shape index (κ2) is 5.66. The second-order valence-electron chi connectivity index (χ2n) is 4.19. The van der Waals surface area contributed by atoms with E-state index >= 15 is 0 Å². The van der Waals surface area contributed by atoms with Gasteiger partial charge in [0.2, 0.25) is 0 Å². The zero-order chi connectivity index (χ0) is 12.1. The molecule has 0 aliphatic carbocycles. The summed E-state index contributed by atoms with van der Waals surface area (Å²) in [5.74, 6) is -0.943. The predicted octanol–water partition coefficient (Wildman–Crippen LogP) is 2.87. The van der Waals surface area contributed by atoms with E-state index in [1.54, 1.807) is 0 Å². The van der Waals surface area contributed by atoms with Gasteiger partial charge in [-0.2, -0.15) is 0 Å². The molecule has 1 rings (SSSR count). The minimum absolute atomic E-state index is 0.0383. The van der Waals surface area contributed by atoms with Gasteiger partial charge in [0.25, 0.3) is 0 Å². The van der Waals surface area contributed by atoms with E-state index in [1.807, 2.05) is 51.1 Å². The highest BCUT2D eigenvalue weighted by Gasteiger charge is 2.24.